The van der Waals surface area contributed by atoms with Crippen molar-refractivity contribution in [2.75, 3.05) is 39.9 Å². The van der Waals surface area contributed by atoms with E-state index in [2.05, 4.69) is 18.7 Å². The Labute approximate surface area is 195 Å². The highest BCUT2D eigenvalue weighted by Crippen LogP contribution is 2.39. The highest BCUT2D eigenvalue weighted by Gasteiger charge is 2.45. The summed E-state index contributed by atoms with van der Waals surface area (Å²) in [7, 11) is 1.58. The van der Waals surface area contributed by atoms with Crippen LogP contribution in [0.15, 0.2) is 54.1 Å². The van der Waals surface area contributed by atoms with Gasteiger partial charge in [-0.25, -0.2) is 0 Å². The van der Waals surface area contributed by atoms with Gasteiger partial charge in [-0.3, -0.25) is 9.59 Å². The maximum absolute atomic E-state index is 13.1. The quantitative estimate of drug-likeness (QED) is 0.335. The fourth-order valence-electron chi connectivity index (χ4n) is 4.06. The van der Waals surface area contributed by atoms with Crippen molar-refractivity contribution < 1.29 is 24.2 Å². The van der Waals surface area contributed by atoms with Crippen LogP contribution in [0.4, 0.5) is 0 Å². The van der Waals surface area contributed by atoms with Gasteiger partial charge in [0.1, 0.15) is 17.3 Å². The largest absolute Gasteiger partial charge is 0.507 e. The van der Waals surface area contributed by atoms with Gasteiger partial charge in [0.15, 0.2) is 0 Å². The summed E-state index contributed by atoms with van der Waals surface area (Å²) in [6.07, 6.45) is 0. The summed E-state index contributed by atoms with van der Waals surface area (Å²) in [4.78, 5) is 29.9. The Kier molecular flexibility index (Phi) is 8.11. The van der Waals surface area contributed by atoms with E-state index >= 15 is 0 Å². The minimum atomic E-state index is -0.682. The molecular formula is C26H32N2O5. The number of carbonyl (C=O) groups excluding carboxylic acids is 2. The van der Waals surface area contributed by atoms with Gasteiger partial charge in [0, 0.05) is 18.7 Å². The number of Topliss-reactive ketones (excluding diaryl/α,β-unsaturated/α-hetero) is 1. The van der Waals surface area contributed by atoms with Crippen LogP contribution in [-0.4, -0.2) is 66.5 Å². The predicted octanol–water partition coefficient (Wildman–Crippen LogP) is 3.86. The lowest BCUT2D eigenvalue weighted by atomic mass is 9.95. The SMILES string of the molecule is CCOc1ccc(/C(O)=C2\C(=O)C(=O)N(CCN(CC)CC)[C@@H]2c2ccc(OC)cc2)cc1. The van der Waals surface area contributed by atoms with E-state index in [0.29, 0.717) is 36.8 Å². The smallest absolute Gasteiger partial charge is 0.295 e. The molecule has 0 saturated carbocycles. The first-order valence-corrected chi connectivity index (χ1v) is 11.3. The minimum absolute atomic E-state index is 0.0915. The van der Waals surface area contributed by atoms with E-state index in [1.807, 2.05) is 19.1 Å². The van der Waals surface area contributed by atoms with Gasteiger partial charge in [-0.1, -0.05) is 26.0 Å². The normalized spacial score (nSPS) is 17.6. The molecule has 0 spiro atoms. The molecule has 1 aliphatic rings. The topological polar surface area (TPSA) is 79.3 Å². The summed E-state index contributed by atoms with van der Waals surface area (Å²) in [5.41, 5.74) is 1.29. The van der Waals surface area contributed by atoms with Gasteiger partial charge in [0.05, 0.1) is 25.3 Å². The molecule has 1 saturated heterocycles. The van der Waals surface area contributed by atoms with Crippen LogP contribution in [0, 0.1) is 0 Å². The average Bonchev–Trinajstić information content (AvgIpc) is 3.10. The average molecular weight is 453 g/mol. The van der Waals surface area contributed by atoms with Crippen LogP contribution < -0.4 is 9.47 Å². The van der Waals surface area contributed by atoms with Gasteiger partial charge in [-0.2, -0.15) is 0 Å². The zero-order chi connectivity index (χ0) is 24.0. The highest BCUT2D eigenvalue weighted by atomic mass is 16.5. The molecule has 1 fully saturated rings. The number of aliphatic hydroxyl groups excluding tert-OH is 1. The van der Waals surface area contributed by atoms with Crippen molar-refractivity contribution in [1.29, 1.82) is 0 Å². The fraction of sp³-hybridized carbons (Fsp3) is 0.385. The molecule has 1 amide bonds. The van der Waals surface area contributed by atoms with E-state index in [1.54, 1.807) is 48.4 Å². The molecule has 0 aliphatic carbocycles. The molecule has 1 atom stereocenters. The summed E-state index contributed by atoms with van der Waals surface area (Å²) >= 11 is 0. The molecule has 7 heteroatoms. The van der Waals surface area contributed by atoms with Crippen LogP contribution in [0.5, 0.6) is 11.5 Å². The molecule has 3 rings (SSSR count). The van der Waals surface area contributed by atoms with E-state index in [1.165, 1.54) is 0 Å². The van der Waals surface area contributed by atoms with Crippen molar-refractivity contribution in [3.05, 3.63) is 65.2 Å². The molecule has 1 N–H and O–H groups in total. The van der Waals surface area contributed by atoms with Crippen molar-refractivity contribution in [3.63, 3.8) is 0 Å². The molecule has 0 unspecified atom stereocenters. The van der Waals surface area contributed by atoms with Gasteiger partial charge in [-0.15, -0.1) is 0 Å². The minimum Gasteiger partial charge on any atom is -0.507 e. The van der Waals surface area contributed by atoms with E-state index < -0.39 is 17.7 Å². The summed E-state index contributed by atoms with van der Waals surface area (Å²) in [5, 5.41) is 11.2. The maximum Gasteiger partial charge on any atom is 0.295 e. The summed E-state index contributed by atoms with van der Waals surface area (Å²) in [6, 6.07) is 13.4. The molecule has 7 nitrogen and oxygen atoms in total. The van der Waals surface area contributed by atoms with Crippen molar-refractivity contribution in [1.82, 2.24) is 9.80 Å². The number of hydrogen-bond donors (Lipinski definition) is 1. The number of methoxy groups -OCH3 is 1. The third-order valence-electron chi connectivity index (χ3n) is 5.96. The molecule has 1 aliphatic heterocycles. The fourth-order valence-corrected chi connectivity index (χ4v) is 4.06. The summed E-state index contributed by atoms with van der Waals surface area (Å²) in [6.45, 7) is 9.25. The van der Waals surface area contributed by atoms with Gasteiger partial charge >= 0.3 is 0 Å². The third kappa shape index (κ3) is 5.20. The number of amides is 1. The first-order valence-electron chi connectivity index (χ1n) is 11.3. The van der Waals surface area contributed by atoms with Crippen molar-refractivity contribution in [3.8, 4) is 11.5 Å². The van der Waals surface area contributed by atoms with Crippen molar-refractivity contribution in [2.45, 2.75) is 26.8 Å². The number of likely N-dealkylation sites (N-methyl/N-ethyl adjacent to an activating group) is 1. The molecule has 0 aromatic heterocycles. The van der Waals surface area contributed by atoms with Crippen molar-refractivity contribution >= 4 is 17.4 Å². The Morgan fingerprint density at radius 1 is 0.970 bits per heavy atom. The summed E-state index contributed by atoms with van der Waals surface area (Å²) < 4.78 is 10.7. The van der Waals surface area contributed by atoms with Crippen LogP contribution in [0.1, 0.15) is 37.9 Å². The highest BCUT2D eigenvalue weighted by molar-refractivity contribution is 6.46. The van der Waals surface area contributed by atoms with Crippen molar-refractivity contribution in [2.24, 2.45) is 0 Å². The Morgan fingerprint density at radius 2 is 1.58 bits per heavy atom. The Hall–Kier alpha value is -3.32. The first-order chi connectivity index (χ1) is 15.9. The predicted molar refractivity (Wildman–Crippen MR) is 127 cm³/mol. The number of rotatable bonds is 10. The molecule has 0 radical (unpaired) electrons. The first kappa shape index (κ1) is 24.3. The molecule has 1 heterocycles. The number of carbonyl (C=O) groups is 2. The van der Waals surface area contributed by atoms with Gasteiger partial charge < -0.3 is 24.4 Å². The van der Waals surface area contributed by atoms with Gasteiger partial charge in [-0.05, 0) is 62.0 Å². The molecule has 176 valence electrons. The number of ether oxygens (including phenoxy) is 2. The van der Waals surface area contributed by atoms with E-state index in [0.717, 1.165) is 18.7 Å². The zero-order valence-corrected chi connectivity index (χ0v) is 19.7. The van der Waals surface area contributed by atoms with Crippen LogP contribution >= 0.6 is 0 Å². The number of nitrogens with zero attached hydrogens (tertiary/aromatic N) is 2. The van der Waals surface area contributed by atoms with Crippen LogP contribution in [-0.2, 0) is 9.59 Å². The van der Waals surface area contributed by atoms with Crippen LogP contribution in [0.2, 0.25) is 0 Å². The Bertz CT molecular complexity index is 994. The molecule has 2 aromatic rings. The number of hydrogen-bond acceptors (Lipinski definition) is 6. The lowest BCUT2D eigenvalue weighted by Gasteiger charge is -2.28. The van der Waals surface area contributed by atoms with E-state index in [9.17, 15) is 14.7 Å². The lowest BCUT2D eigenvalue weighted by molar-refractivity contribution is -0.140. The zero-order valence-electron chi connectivity index (χ0n) is 19.7. The van der Waals surface area contributed by atoms with E-state index in [4.69, 9.17) is 9.47 Å². The number of ketones is 1. The lowest BCUT2D eigenvalue weighted by Crippen LogP contribution is -2.38. The van der Waals surface area contributed by atoms with E-state index in [-0.39, 0.29) is 11.3 Å². The Morgan fingerprint density at radius 3 is 2.12 bits per heavy atom. The number of aliphatic hydroxyl groups is 1. The summed E-state index contributed by atoms with van der Waals surface area (Å²) in [5.74, 6) is -0.134. The molecule has 0 bridgehead atoms. The van der Waals surface area contributed by atoms with Crippen LogP contribution in [0.25, 0.3) is 5.76 Å². The third-order valence-corrected chi connectivity index (χ3v) is 5.96. The second-order valence-electron chi connectivity index (χ2n) is 7.75. The van der Waals surface area contributed by atoms with Gasteiger partial charge in [0.25, 0.3) is 11.7 Å². The second-order valence-corrected chi connectivity index (χ2v) is 7.75. The second kappa shape index (κ2) is 11.0. The number of likely N-dealkylation sites (tertiary alicyclic amines) is 1. The molecular weight excluding hydrogens is 420 g/mol. The monoisotopic (exact) mass is 452 g/mol. The maximum atomic E-state index is 13.1. The molecule has 2 aromatic carbocycles. The molecule has 33 heavy (non-hydrogen) atoms. The van der Waals surface area contributed by atoms with Crippen LogP contribution in [0.3, 0.4) is 0 Å². The number of benzene rings is 2. The van der Waals surface area contributed by atoms with Gasteiger partial charge in [0.2, 0.25) is 0 Å². The Balaban J connectivity index is 2.05. The standard InChI is InChI=1S/C26H32N2O5/c1-5-27(6-2)16-17-28-23(18-8-12-20(32-4)13-9-18)22(25(30)26(28)31)24(29)19-10-14-21(15-11-19)33-7-3/h8-15,23,29H,5-7,16-17H2,1-4H3/b24-22+/t23-/m1/s1.